The van der Waals surface area contributed by atoms with E-state index in [0.29, 0.717) is 10.7 Å². The first-order chi connectivity index (χ1) is 15.0. The fraction of sp³-hybridized carbons (Fsp3) is 0.259. The smallest absolute Gasteiger partial charge is 0.238 e. The monoisotopic (exact) mass is 427 g/mol. The number of benzene rings is 3. The molecule has 0 radical (unpaired) electrons. The fourth-order valence-electron chi connectivity index (χ4n) is 6.50. The van der Waals surface area contributed by atoms with Crippen LogP contribution in [-0.2, 0) is 15.0 Å². The van der Waals surface area contributed by atoms with Crippen molar-refractivity contribution in [3.63, 3.8) is 0 Å². The van der Waals surface area contributed by atoms with Gasteiger partial charge in [0.05, 0.1) is 17.5 Å². The van der Waals surface area contributed by atoms with E-state index in [1.165, 1.54) is 27.2 Å². The molecule has 4 aliphatic rings. The van der Waals surface area contributed by atoms with Crippen molar-refractivity contribution in [3.8, 4) is 0 Å². The molecule has 154 valence electrons. The summed E-state index contributed by atoms with van der Waals surface area (Å²) in [5, 5.41) is 0.563. The number of aryl methyl sites for hydroxylation is 1. The molecule has 2 amide bonds. The average molecular weight is 428 g/mol. The van der Waals surface area contributed by atoms with Crippen LogP contribution in [0.15, 0.2) is 66.7 Å². The van der Waals surface area contributed by atoms with Gasteiger partial charge in [0.1, 0.15) is 0 Å². The maximum atomic E-state index is 14.0. The van der Waals surface area contributed by atoms with E-state index in [9.17, 15) is 9.59 Å². The zero-order valence-corrected chi connectivity index (χ0v) is 18.2. The van der Waals surface area contributed by atoms with Gasteiger partial charge < -0.3 is 0 Å². The summed E-state index contributed by atoms with van der Waals surface area (Å²) < 4.78 is 0. The number of nitrogens with zero attached hydrogens (tertiary/aromatic N) is 1. The molecule has 2 atom stereocenters. The van der Waals surface area contributed by atoms with Crippen LogP contribution in [-0.4, -0.2) is 11.8 Å². The first-order valence-corrected chi connectivity index (χ1v) is 11.2. The second-order valence-electron chi connectivity index (χ2n) is 8.93. The molecule has 1 heterocycles. The van der Waals surface area contributed by atoms with Gasteiger partial charge in [0, 0.05) is 16.4 Å². The third kappa shape index (κ3) is 2.15. The van der Waals surface area contributed by atoms with Gasteiger partial charge in [-0.15, -0.1) is 0 Å². The largest absolute Gasteiger partial charge is 0.274 e. The number of rotatable bonds is 2. The van der Waals surface area contributed by atoms with E-state index in [-0.39, 0.29) is 17.7 Å². The number of hydrogen-bond donors (Lipinski definition) is 0. The molecule has 2 bridgehead atoms. The molecule has 1 fully saturated rings. The molecule has 3 aromatic carbocycles. The Kier molecular flexibility index (Phi) is 3.83. The van der Waals surface area contributed by atoms with Crippen LogP contribution < -0.4 is 4.90 Å². The van der Waals surface area contributed by atoms with E-state index in [1.807, 2.05) is 43.3 Å². The van der Waals surface area contributed by atoms with Crippen LogP contribution in [0.4, 0.5) is 5.69 Å². The lowest BCUT2D eigenvalue weighted by atomic mass is 9.46. The van der Waals surface area contributed by atoms with E-state index in [1.54, 1.807) is 6.07 Å². The predicted octanol–water partition coefficient (Wildman–Crippen LogP) is 5.61. The van der Waals surface area contributed by atoms with Crippen molar-refractivity contribution in [2.75, 3.05) is 4.90 Å². The Morgan fingerprint density at radius 2 is 1.52 bits per heavy atom. The Hall–Kier alpha value is -2.91. The third-order valence-electron chi connectivity index (χ3n) is 7.77. The molecule has 3 aromatic rings. The van der Waals surface area contributed by atoms with Gasteiger partial charge >= 0.3 is 0 Å². The van der Waals surface area contributed by atoms with Crippen LogP contribution in [0.1, 0.15) is 47.1 Å². The van der Waals surface area contributed by atoms with Crippen LogP contribution in [0.2, 0.25) is 5.02 Å². The number of anilines is 1. The van der Waals surface area contributed by atoms with E-state index in [0.717, 1.165) is 12.0 Å². The van der Waals surface area contributed by atoms with Gasteiger partial charge in [-0.2, -0.15) is 0 Å². The predicted molar refractivity (Wildman–Crippen MR) is 121 cm³/mol. The van der Waals surface area contributed by atoms with Gasteiger partial charge in [-0.05, 0) is 53.3 Å². The van der Waals surface area contributed by atoms with Crippen LogP contribution >= 0.6 is 11.6 Å². The van der Waals surface area contributed by atoms with Crippen molar-refractivity contribution >= 4 is 29.1 Å². The fourth-order valence-corrected chi connectivity index (χ4v) is 6.68. The summed E-state index contributed by atoms with van der Waals surface area (Å²) in [6.45, 7) is 4.05. The van der Waals surface area contributed by atoms with E-state index >= 15 is 0 Å². The third-order valence-corrected chi connectivity index (χ3v) is 8.17. The quantitative estimate of drug-likeness (QED) is 0.498. The average Bonchev–Trinajstić information content (AvgIpc) is 3.07. The van der Waals surface area contributed by atoms with Crippen LogP contribution in [0.25, 0.3) is 0 Å². The van der Waals surface area contributed by atoms with Crippen LogP contribution in [0.3, 0.4) is 0 Å². The van der Waals surface area contributed by atoms with E-state index in [4.69, 9.17) is 11.6 Å². The van der Waals surface area contributed by atoms with Crippen molar-refractivity contribution < 1.29 is 9.59 Å². The molecule has 1 saturated heterocycles. The Balaban J connectivity index is 1.62. The van der Waals surface area contributed by atoms with Crippen molar-refractivity contribution in [2.45, 2.75) is 31.6 Å². The zero-order valence-electron chi connectivity index (χ0n) is 17.4. The highest BCUT2D eigenvalue weighted by Gasteiger charge is 2.67. The Morgan fingerprint density at radius 3 is 2.10 bits per heavy atom. The van der Waals surface area contributed by atoms with E-state index in [2.05, 4.69) is 31.2 Å². The molecule has 0 N–H and O–H groups in total. The lowest BCUT2D eigenvalue weighted by molar-refractivity contribution is -0.123. The highest BCUT2D eigenvalue weighted by molar-refractivity contribution is 6.32. The lowest BCUT2D eigenvalue weighted by Crippen LogP contribution is -2.53. The normalized spacial score (nSPS) is 27.8. The number of carbonyl (C=O) groups is 2. The van der Waals surface area contributed by atoms with Gasteiger partial charge in [0.2, 0.25) is 11.8 Å². The molecule has 0 aromatic heterocycles. The van der Waals surface area contributed by atoms with Crippen LogP contribution in [0, 0.1) is 18.8 Å². The minimum atomic E-state index is -0.497. The molecule has 4 heteroatoms. The molecule has 0 saturated carbocycles. The van der Waals surface area contributed by atoms with Crippen molar-refractivity contribution in [2.24, 2.45) is 11.8 Å². The maximum absolute atomic E-state index is 14.0. The second kappa shape index (κ2) is 6.30. The molecule has 3 aliphatic carbocycles. The van der Waals surface area contributed by atoms with Gasteiger partial charge in [0.25, 0.3) is 0 Å². The van der Waals surface area contributed by atoms with Crippen molar-refractivity contribution in [1.82, 2.24) is 0 Å². The van der Waals surface area contributed by atoms with E-state index < -0.39 is 17.3 Å². The number of imide groups is 1. The molecular weight excluding hydrogens is 406 g/mol. The summed E-state index contributed by atoms with van der Waals surface area (Å²) in [4.78, 5) is 29.3. The molecule has 0 unspecified atom stereocenters. The Labute approximate surface area is 186 Å². The zero-order chi connectivity index (χ0) is 21.5. The summed E-state index contributed by atoms with van der Waals surface area (Å²) in [6.07, 6.45) is 0.760. The minimum absolute atomic E-state index is 0.104. The van der Waals surface area contributed by atoms with Gasteiger partial charge in [-0.3, -0.25) is 9.59 Å². The van der Waals surface area contributed by atoms with Gasteiger partial charge in [0.15, 0.2) is 0 Å². The minimum Gasteiger partial charge on any atom is -0.274 e. The summed E-state index contributed by atoms with van der Waals surface area (Å²) in [6, 6.07) is 22.2. The number of halogens is 1. The highest BCUT2D eigenvalue weighted by atomic mass is 35.5. The molecule has 0 spiro atoms. The number of carbonyl (C=O) groups excluding carboxylic acids is 2. The standard InChI is InChI=1S/C27H22ClNO2/c1-3-27-19-10-6-4-8-17(19)22(18-9-5-7-11-20(18)27)23-24(27)26(31)29(25(23)30)16-13-12-15(2)21(28)14-16/h4-14,22-24H,3H2,1-2H3/t22?,23-,24-,27?/m1/s1. The summed E-state index contributed by atoms with van der Waals surface area (Å²) >= 11 is 6.36. The van der Waals surface area contributed by atoms with Crippen molar-refractivity contribution in [3.05, 3.63) is 99.6 Å². The van der Waals surface area contributed by atoms with Gasteiger partial charge in [-0.25, -0.2) is 4.90 Å². The molecule has 1 aliphatic heterocycles. The molecule has 31 heavy (non-hydrogen) atoms. The second-order valence-corrected chi connectivity index (χ2v) is 9.33. The Bertz CT molecular complexity index is 1230. The molecule has 7 rings (SSSR count). The first-order valence-electron chi connectivity index (χ1n) is 10.8. The maximum Gasteiger partial charge on any atom is 0.238 e. The number of hydrogen-bond acceptors (Lipinski definition) is 2. The van der Waals surface area contributed by atoms with Crippen LogP contribution in [0.5, 0.6) is 0 Å². The van der Waals surface area contributed by atoms with Crippen molar-refractivity contribution in [1.29, 1.82) is 0 Å². The molecular formula is C27H22ClNO2. The molecule has 3 nitrogen and oxygen atoms in total. The first kappa shape index (κ1) is 18.8. The summed E-state index contributed by atoms with van der Waals surface area (Å²) in [5.41, 5.74) is 5.77. The SMILES string of the molecule is CCC12c3ccccc3C(c3ccccc31)[C@H]1C(=O)N(c3ccc(C)c(Cl)c3)C(=O)[C@@H]12. The number of amides is 2. The highest BCUT2D eigenvalue weighted by Crippen LogP contribution is 2.65. The lowest BCUT2D eigenvalue weighted by Gasteiger charge is -2.54. The summed E-state index contributed by atoms with van der Waals surface area (Å²) in [5.74, 6) is -1.11. The Morgan fingerprint density at radius 1 is 0.903 bits per heavy atom. The van der Waals surface area contributed by atoms with Gasteiger partial charge in [-0.1, -0.05) is 73.1 Å². The topological polar surface area (TPSA) is 37.4 Å². The summed E-state index contributed by atoms with van der Waals surface area (Å²) in [7, 11) is 0.